The molecule has 6 heteroatoms. The maximum Gasteiger partial charge on any atom is 0.248 e. The number of carbonyl (C=O) groups is 1. The lowest BCUT2D eigenvalue weighted by Gasteiger charge is -2.34. The Morgan fingerprint density at radius 3 is 2.65 bits per heavy atom. The van der Waals surface area contributed by atoms with Crippen LogP contribution in [0.2, 0.25) is 0 Å². The summed E-state index contributed by atoms with van der Waals surface area (Å²) in [7, 11) is 0. The van der Waals surface area contributed by atoms with Gasteiger partial charge in [-0.15, -0.1) is 0 Å². The lowest BCUT2D eigenvalue weighted by atomic mass is 9.85. The van der Waals surface area contributed by atoms with Crippen molar-refractivity contribution in [3.05, 3.63) is 34.8 Å². The van der Waals surface area contributed by atoms with Gasteiger partial charge in [0.05, 0.1) is 24.6 Å². The molecule has 3 rings (SSSR count). The summed E-state index contributed by atoms with van der Waals surface area (Å²) in [5.74, 6) is -0.118. The predicted octanol–water partition coefficient (Wildman–Crippen LogP) is 3.46. The van der Waals surface area contributed by atoms with Gasteiger partial charge < -0.3 is 20.5 Å². The number of ether oxygens (including phenoxy) is 2. The van der Waals surface area contributed by atoms with E-state index in [0.29, 0.717) is 30.5 Å². The van der Waals surface area contributed by atoms with E-state index in [9.17, 15) is 4.79 Å². The summed E-state index contributed by atoms with van der Waals surface area (Å²) < 4.78 is 12.3. The third-order valence-corrected chi connectivity index (χ3v) is 4.89. The van der Waals surface area contributed by atoms with Crippen molar-refractivity contribution in [1.82, 2.24) is 0 Å². The van der Waals surface area contributed by atoms with Gasteiger partial charge in [-0.3, -0.25) is 4.79 Å². The molecule has 1 saturated heterocycles. The van der Waals surface area contributed by atoms with Gasteiger partial charge in [-0.05, 0) is 43.0 Å². The number of allylic oxidation sites excluding steroid dienone is 1. The Kier molecular flexibility index (Phi) is 5.04. The van der Waals surface area contributed by atoms with Crippen molar-refractivity contribution < 1.29 is 14.3 Å². The van der Waals surface area contributed by atoms with Gasteiger partial charge in [-0.1, -0.05) is 22.0 Å². The molecular formula is C17H21BrN2O3. The standard InChI is InChI=1S/C17H21BrN2O3/c18-13-2-3-15(14(19)11-13)20-16(21)4-1-12-5-7-17(8-6-12)22-9-10-23-17/h1-4,11-12H,5-10,19H2,(H,20,21)/b4-1-. The Labute approximate surface area is 144 Å². The van der Waals surface area contributed by atoms with Crippen molar-refractivity contribution >= 4 is 33.2 Å². The number of halogens is 1. The van der Waals surface area contributed by atoms with Crippen LogP contribution in [0.4, 0.5) is 11.4 Å². The van der Waals surface area contributed by atoms with Crippen LogP contribution in [0.1, 0.15) is 25.7 Å². The Balaban J connectivity index is 1.51. The third-order valence-electron chi connectivity index (χ3n) is 4.40. The fraction of sp³-hybridized carbons (Fsp3) is 0.471. The topological polar surface area (TPSA) is 73.6 Å². The van der Waals surface area contributed by atoms with Crippen molar-refractivity contribution in [2.75, 3.05) is 24.3 Å². The lowest BCUT2D eigenvalue weighted by molar-refractivity contribution is -0.180. The molecule has 1 aromatic carbocycles. The largest absolute Gasteiger partial charge is 0.397 e. The van der Waals surface area contributed by atoms with E-state index in [2.05, 4.69) is 21.2 Å². The third kappa shape index (κ3) is 4.13. The summed E-state index contributed by atoms with van der Waals surface area (Å²) >= 11 is 3.34. The van der Waals surface area contributed by atoms with E-state index in [1.165, 1.54) is 0 Å². The quantitative estimate of drug-likeness (QED) is 0.621. The van der Waals surface area contributed by atoms with E-state index >= 15 is 0 Å². The number of hydrogen-bond acceptors (Lipinski definition) is 4. The van der Waals surface area contributed by atoms with Crippen LogP contribution in [0.3, 0.4) is 0 Å². The smallest absolute Gasteiger partial charge is 0.248 e. The monoisotopic (exact) mass is 380 g/mol. The molecule has 0 atom stereocenters. The van der Waals surface area contributed by atoms with Crippen LogP contribution >= 0.6 is 15.9 Å². The molecule has 0 bridgehead atoms. The molecule has 124 valence electrons. The minimum atomic E-state index is -0.349. The van der Waals surface area contributed by atoms with Crippen molar-refractivity contribution in [1.29, 1.82) is 0 Å². The van der Waals surface area contributed by atoms with E-state index in [0.717, 1.165) is 30.2 Å². The molecule has 1 aliphatic heterocycles. The summed E-state index contributed by atoms with van der Waals surface area (Å²) in [6.07, 6.45) is 7.31. The summed E-state index contributed by atoms with van der Waals surface area (Å²) in [5, 5.41) is 2.80. The summed E-state index contributed by atoms with van der Waals surface area (Å²) in [6, 6.07) is 5.39. The van der Waals surface area contributed by atoms with Gasteiger partial charge in [0, 0.05) is 17.3 Å². The molecule has 1 aromatic rings. The first-order valence-electron chi connectivity index (χ1n) is 7.88. The Morgan fingerprint density at radius 1 is 1.30 bits per heavy atom. The predicted molar refractivity (Wildman–Crippen MR) is 92.9 cm³/mol. The number of amides is 1. The normalized spacial score (nSPS) is 21.1. The number of nitrogen functional groups attached to an aromatic ring is 1. The van der Waals surface area contributed by atoms with Crippen LogP contribution < -0.4 is 11.1 Å². The first-order valence-corrected chi connectivity index (χ1v) is 8.68. The maximum absolute atomic E-state index is 12.0. The molecule has 1 aliphatic carbocycles. The van der Waals surface area contributed by atoms with Gasteiger partial charge in [0.15, 0.2) is 5.79 Å². The van der Waals surface area contributed by atoms with Gasteiger partial charge in [0.25, 0.3) is 0 Å². The highest BCUT2D eigenvalue weighted by Crippen LogP contribution is 2.38. The van der Waals surface area contributed by atoms with Crippen LogP contribution in [-0.4, -0.2) is 24.9 Å². The molecule has 3 N–H and O–H groups in total. The average Bonchev–Trinajstić information content (AvgIpc) is 2.98. The molecule has 1 amide bonds. The molecule has 0 unspecified atom stereocenters. The number of anilines is 2. The average molecular weight is 381 g/mol. The zero-order chi connectivity index (χ0) is 16.3. The van der Waals surface area contributed by atoms with Crippen LogP contribution in [0.5, 0.6) is 0 Å². The summed E-state index contributed by atoms with van der Waals surface area (Å²) in [5.41, 5.74) is 7.04. The van der Waals surface area contributed by atoms with Gasteiger partial charge in [0.1, 0.15) is 0 Å². The highest BCUT2D eigenvalue weighted by molar-refractivity contribution is 9.10. The SMILES string of the molecule is Nc1cc(Br)ccc1NC(=O)/C=C\C1CCC2(CC1)OCCO2. The van der Waals surface area contributed by atoms with Crippen molar-refractivity contribution in [3.63, 3.8) is 0 Å². The van der Waals surface area contributed by atoms with E-state index in [4.69, 9.17) is 15.2 Å². The maximum atomic E-state index is 12.0. The molecule has 0 radical (unpaired) electrons. The van der Waals surface area contributed by atoms with Gasteiger partial charge in [-0.2, -0.15) is 0 Å². The Morgan fingerprint density at radius 2 is 2.00 bits per heavy atom. The van der Waals surface area contributed by atoms with Gasteiger partial charge in [-0.25, -0.2) is 0 Å². The van der Waals surface area contributed by atoms with Crippen LogP contribution in [0.25, 0.3) is 0 Å². The first-order chi connectivity index (χ1) is 11.1. The van der Waals surface area contributed by atoms with Crippen LogP contribution in [0.15, 0.2) is 34.8 Å². The molecule has 23 heavy (non-hydrogen) atoms. The summed E-state index contributed by atoms with van der Waals surface area (Å²) in [4.78, 5) is 12.0. The zero-order valence-electron chi connectivity index (χ0n) is 12.9. The molecule has 1 heterocycles. The Bertz CT molecular complexity index is 602. The molecule has 2 fully saturated rings. The van der Waals surface area contributed by atoms with Crippen molar-refractivity contribution in [2.45, 2.75) is 31.5 Å². The number of nitrogens with one attached hydrogen (secondary N) is 1. The number of rotatable bonds is 3. The van der Waals surface area contributed by atoms with Crippen molar-refractivity contribution in [3.8, 4) is 0 Å². The molecule has 1 saturated carbocycles. The second kappa shape index (κ2) is 7.03. The second-order valence-electron chi connectivity index (χ2n) is 6.02. The number of hydrogen-bond donors (Lipinski definition) is 2. The van der Waals surface area contributed by atoms with Crippen LogP contribution in [-0.2, 0) is 14.3 Å². The van der Waals surface area contributed by atoms with E-state index in [1.54, 1.807) is 18.2 Å². The first kappa shape index (κ1) is 16.5. The molecule has 2 aliphatic rings. The molecule has 5 nitrogen and oxygen atoms in total. The molecule has 1 spiro atoms. The molecule has 0 aromatic heterocycles. The fourth-order valence-corrected chi connectivity index (χ4v) is 3.48. The fourth-order valence-electron chi connectivity index (χ4n) is 3.10. The van der Waals surface area contributed by atoms with E-state index in [1.807, 2.05) is 12.1 Å². The highest BCUT2D eigenvalue weighted by Gasteiger charge is 2.39. The number of carbonyl (C=O) groups excluding carboxylic acids is 1. The number of benzene rings is 1. The Hall–Kier alpha value is -1.37. The second-order valence-corrected chi connectivity index (χ2v) is 6.94. The highest BCUT2D eigenvalue weighted by atomic mass is 79.9. The summed E-state index contributed by atoms with van der Waals surface area (Å²) in [6.45, 7) is 1.38. The minimum Gasteiger partial charge on any atom is -0.397 e. The van der Waals surface area contributed by atoms with Crippen molar-refractivity contribution in [2.24, 2.45) is 5.92 Å². The van der Waals surface area contributed by atoms with E-state index < -0.39 is 0 Å². The number of nitrogens with two attached hydrogens (primary N) is 1. The lowest BCUT2D eigenvalue weighted by Crippen LogP contribution is -2.34. The van der Waals surface area contributed by atoms with E-state index in [-0.39, 0.29) is 11.7 Å². The molecular weight excluding hydrogens is 360 g/mol. The minimum absolute atomic E-state index is 0.160. The van der Waals surface area contributed by atoms with Crippen LogP contribution in [0, 0.1) is 5.92 Å². The van der Waals surface area contributed by atoms with Gasteiger partial charge >= 0.3 is 0 Å². The zero-order valence-corrected chi connectivity index (χ0v) is 14.5. The van der Waals surface area contributed by atoms with Gasteiger partial charge in [0.2, 0.25) is 5.91 Å².